The van der Waals surface area contributed by atoms with Gasteiger partial charge in [0.2, 0.25) is 0 Å². The van der Waals surface area contributed by atoms with E-state index in [1.807, 2.05) is 60.7 Å². The summed E-state index contributed by atoms with van der Waals surface area (Å²) in [4.78, 5) is 39.5. The van der Waals surface area contributed by atoms with E-state index in [9.17, 15) is 0 Å². The molecule has 10 aromatic rings. The van der Waals surface area contributed by atoms with Crippen molar-refractivity contribution < 1.29 is 0 Å². The molecule has 0 saturated heterocycles. The predicted octanol–water partition coefficient (Wildman–Crippen LogP) is 9.05. The lowest BCUT2D eigenvalue weighted by Crippen LogP contribution is -2.04. The molecule has 54 heavy (non-hydrogen) atoms. The van der Waals surface area contributed by atoms with Gasteiger partial charge in [0.1, 0.15) is 22.7 Å². The van der Waals surface area contributed by atoms with Gasteiger partial charge in [-0.15, -0.1) is 0 Å². The van der Waals surface area contributed by atoms with Crippen LogP contribution in [0, 0.1) is 0 Å². The fourth-order valence-electron chi connectivity index (χ4n) is 7.49. The molecule has 0 bridgehead atoms. The van der Waals surface area contributed by atoms with Crippen LogP contribution in [0.4, 0.5) is 0 Å². The van der Waals surface area contributed by atoms with Gasteiger partial charge in [0, 0.05) is 81.9 Å². The number of benzene rings is 4. The summed E-state index contributed by atoms with van der Waals surface area (Å²) < 4.78 is 4.20. The first-order valence-corrected chi connectivity index (χ1v) is 17.5. The molecule has 0 unspecified atom stereocenters. The minimum atomic E-state index is 0.737. The molecular formula is C44H26N10. The molecule has 0 atom stereocenters. The zero-order valence-electron chi connectivity index (χ0n) is 28.5. The van der Waals surface area contributed by atoms with E-state index in [2.05, 4.69) is 69.8 Å². The van der Waals surface area contributed by atoms with Crippen molar-refractivity contribution in [3.63, 3.8) is 0 Å². The lowest BCUT2D eigenvalue weighted by molar-refractivity contribution is 1.08. The molecule has 11 rings (SSSR count). The highest BCUT2D eigenvalue weighted by Gasteiger charge is 2.28. The van der Waals surface area contributed by atoms with Gasteiger partial charge in [0.15, 0.2) is 11.3 Å². The zero-order chi connectivity index (χ0) is 35.6. The van der Waals surface area contributed by atoms with Gasteiger partial charge in [-0.25, -0.2) is 19.9 Å². The summed E-state index contributed by atoms with van der Waals surface area (Å²) in [6.45, 7) is 0. The first-order valence-electron chi connectivity index (χ1n) is 17.5. The van der Waals surface area contributed by atoms with Crippen molar-refractivity contribution in [2.75, 3.05) is 0 Å². The molecule has 1 aliphatic carbocycles. The van der Waals surface area contributed by atoms with Gasteiger partial charge in [-0.1, -0.05) is 60.7 Å². The lowest BCUT2D eigenvalue weighted by Gasteiger charge is -2.21. The van der Waals surface area contributed by atoms with Gasteiger partial charge in [-0.05, 0) is 60.7 Å². The van der Waals surface area contributed by atoms with Crippen LogP contribution in [0.1, 0.15) is 0 Å². The third-order valence-corrected chi connectivity index (χ3v) is 9.83. The van der Waals surface area contributed by atoms with E-state index in [0.29, 0.717) is 0 Å². The molecule has 1 aliphatic rings. The Morgan fingerprint density at radius 3 is 1.17 bits per heavy atom. The van der Waals surface area contributed by atoms with Crippen LogP contribution in [0.25, 0.3) is 102 Å². The van der Waals surface area contributed by atoms with Crippen molar-refractivity contribution >= 4 is 22.3 Å². The molecule has 0 spiro atoms. The van der Waals surface area contributed by atoms with Gasteiger partial charge in [-0.3, -0.25) is 29.1 Å². The fraction of sp³-hybridized carbons (Fsp3) is 0. The Morgan fingerprint density at radius 2 is 0.741 bits per heavy atom. The molecule has 0 radical (unpaired) electrons. The summed E-state index contributed by atoms with van der Waals surface area (Å²) in [5.74, 6) is 1.54. The van der Waals surface area contributed by atoms with Gasteiger partial charge in [-0.2, -0.15) is 0 Å². The van der Waals surface area contributed by atoms with E-state index in [4.69, 9.17) is 39.9 Å². The average molecular weight is 695 g/mol. The van der Waals surface area contributed by atoms with Crippen LogP contribution in [-0.4, -0.2) is 49.0 Å². The topological polar surface area (TPSA) is 113 Å². The summed E-state index contributed by atoms with van der Waals surface area (Å²) in [7, 11) is 0. The number of para-hydroxylation sites is 2. The number of hydrogen-bond donors (Lipinski definition) is 0. The molecule has 10 nitrogen and oxygen atoms in total. The molecule has 0 fully saturated rings. The van der Waals surface area contributed by atoms with Crippen molar-refractivity contribution in [3.05, 3.63) is 159 Å². The Labute approximate surface area is 308 Å². The Kier molecular flexibility index (Phi) is 6.62. The van der Waals surface area contributed by atoms with Gasteiger partial charge in [0.05, 0.1) is 22.8 Å². The molecule has 0 amide bonds. The SMILES string of the molecule is c1ccc(-n2c(-c3ccc4c(c3)-c3nccnc3-c3ccc(-c5nc6cccnc6n5-c5ccccc5)cc3-c3nccnc3-4)nc3cccnc32)cc1. The van der Waals surface area contributed by atoms with Crippen molar-refractivity contribution in [2.24, 2.45) is 0 Å². The maximum Gasteiger partial charge on any atom is 0.164 e. The summed E-state index contributed by atoms with van der Waals surface area (Å²) >= 11 is 0. The summed E-state index contributed by atoms with van der Waals surface area (Å²) in [6, 6.07) is 40.8. The Balaban J connectivity index is 1.14. The van der Waals surface area contributed by atoms with Crippen molar-refractivity contribution in [2.45, 2.75) is 0 Å². The second-order valence-electron chi connectivity index (χ2n) is 12.9. The average Bonchev–Trinajstić information content (AvgIpc) is 3.83. The van der Waals surface area contributed by atoms with E-state index in [-0.39, 0.29) is 0 Å². The van der Waals surface area contributed by atoms with E-state index >= 15 is 0 Å². The van der Waals surface area contributed by atoms with Crippen LogP contribution in [0.5, 0.6) is 0 Å². The summed E-state index contributed by atoms with van der Waals surface area (Å²) in [5, 5.41) is 0. The third-order valence-electron chi connectivity index (χ3n) is 9.83. The van der Waals surface area contributed by atoms with Crippen molar-refractivity contribution in [1.29, 1.82) is 0 Å². The first kappa shape index (κ1) is 30.0. The van der Waals surface area contributed by atoms with Crippen molar-refractivity contribution in [3.8, 4) is 79.2 Å². The van der Waals surface area contributed by atoms with Gasteiger partial charge >= 0.3 is 0 Å². The van der Waals surface area contributed by atoms with E-state index in [1.54, 1.807) is 37.2 Å². The number of pyridine rings is 2. The van der Waals surface area contributed by atoms with Crippen LogP contribution in [0.15, 0.2) is 159 Å². The number of aromatic nitrogens is 10. The first-order chi connectivity index (χ1) is 26.8. The fourth-order valence-corrected chi connectivity index (χ4v) is 7.49. The number of nitrogens with zero attached hydrogens (tertiary/aromatic N) is 10. The molecule has 0 N–H and O–H groups in total. The second kappa shape index (κ2) is 11.9. The molecular weight excluding hydrogens is 669 g/mol. The molecule has 10 heteroatoms. The molecule has 4 aromatic carbocycles. The van der Waals surface area contributed by atoms with Crippen molar-refractivity contribution in [1.82, 2.24) is 49.0 Å². The molecule has 0 aliphatic heterocycles. The Morgan fingerprint density at radius 1 is 0.333 bits per heavy atom. The number of hydrogen-bond acceptors (Lipinski definition) is 8. The van der Waals surface area contributed by atoms with E-state index < -0.39 is 0 Å². The summed E-state index contributed by atoms with van der Waals surface area (Å²) in [5.41, 5.74) is 13.4. The largest absolute Gasteiger partial charge is 0.277 e. The lowest BCUT2D eigenvalue weighted by atomic mass is 9.87. The van der Waals surface area contributed by atoms with Crippen LogP contribution < -0.4 is 0 Å². The molecule has 0 saturated carbocycles. The normalized spacial score (nSPS) is 11.7. The van der Waals surface area contributed by atoms with Crippen LogP contribution in [0.3, 0.4) is 0 Å². The predicted molar refractivity (Wildman–Crippen MR) is 209 cm³/mol. The van der Waals surface area contributed by atoms with Gasteiger partial charge in [0.25, 0.3) is 0 Å². The van der Waals surface area contributed by atoms with Gasteiger partial charge < -0.3 is 0 Å². The highest BCUT2D eigenvalue weighted by atomic mass is 15.1. The molecule has 6 aromatic heterocycles. The third kappa shape index (κ3) is 4.60. The van der Waals surface area contributed by atoms with Crippen LogP contribution in [0.2, 0.25) is 0 Å². The number of fused-ring (bicyclic) bond motifs is 10. The minimum Gasteiger partial charge on any atom is -0.277 e. The minimum absolute atomic E-state index is 0.737. The molecule has 252 valence electrons. The smallest absolute Gasteiger partial charge is 0.164 e. The number of imidazole rings is 2. The zero-order valence-corrected chi connectivity index (χ0v) is 28.5. The van der Waals surface area contributed by atoms with Crippen LogP contribution >= 0.6 is 0 Å². The quantitative estimate of drug-likeness (QED) is 0.179. The monoisotopic (exact) mass is 694 g/mol. The summed E-state index contributed by atoms with van der Waals surface area (Å²) in [6.07, 6.45) is 10.5. The Bertz CT molecular complexity index is 2850. The highest BCUT2D eigenvalue weighted by Crippen LogP contribution is 2.47. The van der Waals surface area contributed by atoms with E-state index in [0.717, 1.165) is 102 Å². The standard InChI is InChI=1S/C44H26N10/c1-3-9-29(10-4-1)53-41(51-35-13-7-19-49-43(35)53)27-15-17-31-33(25-27)39-38(46-21-23-47-39)32-18-16-28(26-34(32)40-37(31)45-22-24-48-40)42-52-36-14-8-20-50-44(36)54(42)30-11-5-2-6-12-30/h1-26H. The maximum atomic E-state index is 5.09. The Hall–Kier alpha value is -7.72. The number of rotatable bonds is 4. The second-order valence-corrected chi connectivity index (χ2v) is 12.9. The molecule has 6 heterocycles. The van der Waals surface area contributed by atoms with Crippen LogP contribution in [-0.2, 0) is 0 Å². The van der Waals surface area contributed by atoms with E-state index in [1.165, 1.54) is 0 Å². The highest BCUT2D eigenvalue weighted by molar-refractivity contribution is 6.01. The maximum absolute atomic E-state index is 5.09.